The zero-order chi connectivity index (χ0) is 10.4. The van der Waals surface area contributed by atoms with Gasteiger partial charge in [-0.3, -0.25) is 4.79 Å². The minimum absolute atomic E-state index is 0.233. The van der Waals surface area contributed by atoms with Crippen molar-refractivity contribution in [1.82, 2.24) is 0 Å². The lowest BCUT2D eigenvalue weighted by Gasteiger charge is -1.89. The van der Waals surface area contributed by atoms with Crippen LogP contribution in [0.1, 0.15) is 22.5 Å². The normalized spacial score (nSPS) is 15.8. The van der Waals surface area contributed by atoms with Gasteiger partial charge in [0.25, 0.3) is 0 Å². The number of hydrogen-bond donors (Lipinski definition) is 0. The van der Waals surface area contributed by atoms with Crippen LogP contribution in [0, 0.1) is 11.7 Å². The van der Waals surface area contributed by atoms with Crippen LogP contribution in [0.4, 0.5) is 4.39 Å². The van der Waals surface area contributed by atoms with Crippen LogP contribution in [0.25, 0.3) is 10.1 Å². The van der Waals surface area contributed by atoms with Crippen LogP contribution in [-0.4, -0.2) is 5.78 Å². The highest BCUT2D eigenvalue weighted by Crippen LogP contribution is 2.36. The molecule has 1 aromatic carbocycles. The van der Waals surface area contributed by atoms with E-state index < -0.39 is 0 Å². The molecule has 0 bridgehead atoms. The van der Waals surface area contributed by atoms with Crippen molar-refractivity contribution in [2.75, 3.05) is 0 Å². The maximum atomic E-state index is 12.9. The highest BCUT2D eigenvalue weighted by Gasteiger charge is 2.31. The summed E-state index contributed by atoms with van der Waals surface area (Å²) in [7, 11) is 0. The van der Waals surface area contributed by atoms with Crippen molar-refractivity contribution in [2.45, 2.75) is 12.8 Å². The van der Waals surface area contributed by atoms with E-state index in [0.717, 1.165) is 27.8 Å². The van der Waals surface area contributed by atoms with Crippen LogP contribution in [0.5, 0.6) is 0 Å². The summed E-state index contributed by atoms with van der Waals surface area (Å²) in [5, 5.41) is 0.963. The molecule has 0 atom stereocenters. The number of Topliss-reactive ketones (excluding diaryl/α,β-unsaturated/α-hetero) is 1. The van der Waals surface area contributed by atoms with Gasteiger partial charge in [0.15, 0.2) is 5.78 Å². The smallest absolute Gasteiger partial charge is 0.175 e. The third kappa shape index (κ3) is 1.57. The molecule has 0 saturated heterocycles. The molecule has 0 N–H and O–H groups in total. The van der Waals surface area contributed by atoms with Crippen molar-refractivity contribution < 1.29 is 9.18 Å². The predicted molar refractivity (Wildman–Crippen MR) is 58.8 cm³/mol. The largest absolute Gasteiger partial charge is 0.293 e. The van der Waals surface area contributed by atoms with E-state index in [2.05, 4.69) is 0 Å². The van der Waals surface area contributed by atoms with Crippen LogP contribution in [-0.2, 0) is 0 Å². The van der Waals surface area contributed by atoms with Gasteiger partial charge < -0.3 is 0 Å². The molecule has 0 aliphatic heterocycles. The summed E-state index contributed by atoms with van der Waals surface area (Å²) in [4.78, 5) is 12.6. The fourth-order valence-corrected chi connectivity index (χ4v) is 2.78. The third-order valence-electron chi connectivity index (χ3n) is 2.67. The highest BCUT2D eigenvalue weighted by atomic mass is 32.1. The van der Waals surface area contributed by atoms with E-state index in [1.165, 1.54) is 23.5 Å². The molecule has 3 rings (SSSR count). The zero-order valence-electron chi connectivity index (χ0n) is 8.00. The molecule has 76 valence electrons. The first-order valence-electron chi connectivity index (χ1n) is 4.97. The first-order valence-corrected chi connectivity index (χ1v) is 5.79. The number of fused-ring (bicyclic) bond motifs is 1. The Kier molecular flexibility index (Phi) is 1.89. The molecule has 1 saturated carbocycles. The van der Waals surface area contributed by atoms with Gasteiger partial charge in [0.2, 0.25) is 0 Å². The predicted octanol–water partition coefficient (Wildman–Crippen LogP) is 3.63. The summed E-state index contributed by atoms with van der Waals surface area (Å²) in [6, 6.07) is 6.52. The summed E-state index contributed by atoms with van der Waals surface area (Å²) in [5.74, 6) is 0.231. The van der Waals surface area contributed by atoms with Gasteiger partial charge in [-0.2, -0.15) is 0 Å². The van der Waals surface area contributed by atoms with Gasteiger partial charge in [-0.05, 0) is 36.4 Å². The maximum Gasteiger partial charge on any atom is 0.175 e. The fraction of sp³-hybridized carbons (Fsp3) is 0.250. The quantitative estimate of drug-likeness (QED) is 0.706. The second-order valence-corrected chi connectivity index (χ2v) is 5.02. The van der Waals surface area contributed by atoms with Crippen LogP contribution in [0.2, 0.25) is 0 Å². The van der Waals surface area contributed by atoms with Crippen molar-refractivity contribution >= 4 is 27.2 Å². The second-order valence-electron chi connectivity index (χ2n) is 3.93. The minimum atomic E-state index is -0.241. The molecule has 1 aliphatic carbocycles. The lowest BCUT2D eigenvalue weighted by Crippen LogP contribution is -1.96. The Balaban J connectivity index is 2.09. The highest BCUT2D eigenvalue weighted by molar-refractivity contribution is 7.20. The molecule has 0 radical (unpaired) electrons. The molecule has 0 amide bonds. The maximum absolute atomic E-state index is 12.9. The molecule has 15 heavy (non-hydrogen) atoms. The molecule has 3 heteroatoms. The van der Waals surface area contributed by atoms with Crippen LogP contribution >= 0.6 is 11.3 Å². The van der Waals surface area contributed by atoms with Crippen molar-refractivity contribution in [3.05, 3.63) is 35.0 Å². The number of benzene rings is 1. The van der Waals surface area contributed by atoms with E-state index in [1.54, 1.807) is 6.07 Å². The Bertz CT molecular complexity index is 540. The van der Waals surface area contributed by atoms with Crippen LogP contribution in [0.15, 0.2) is 24.3 Å². The topological polar surface area (TPSA) is 17.1 Å². The lowest BCUT2D eigenvalue weighted by atomic mass is 10.2. The van der Waals surface area contributed by atoms with E-state index in [0.29, 0.717) is 0 Å². The molecule has 2 aromatic rings. The van der Waals surface area contributed by atoms with Crippen molar-refractivity contribution in [1.29, 1.82) is 0 Å². The molecule has 1 nitrogen and oxygen atoms in total. The van der Waals surface area contributed by atoms with Gasteiger partial charge in [0.1, 0.15) is 5.82 Å². The molecular weight excluding hydrogens is 211 g/mol. The summed E-state index contributed by atoms with van der Waals surface area (Å²) in [6.45, 7) is 0. The third-order valence-corrected chi connectivity index (χ3v) is 3.79. The first kappa shape index (κ1) is 9.04. The molecule has 1 aliphatic rings. The summed E-state index contributed by atoms with van der Waals surface area (Å²) >= 11 is 1.40. The molecule has 1 fully saturated rings. The van der Waals surface area contributed by atoms with Crippen molar-refractivity contribution in [3.8, 4) is 0 Å². The first-order chi connectivity index (χ1) is 7.24. The van der Waals surface area contributed by atoms with E-state index in [-0.39, 0.29) is 17.5 Å². The Morgan fingerprint density at radius 1 is 1.33 bits per heavy atom. The van der Waals surface area contributed by atoms with Crippen molar-refractivity contribution in [3.63, 3.8) is 0 Å². The Morgan fingerprint density at radius 3 is 2.87 bits per heavy atom. The standard InChI is InChI=1S/C12H9FOS/c13-9-4-3-8-5-11(15-10(8)6-9)12(14)7-1-2-7/h3-7H,1-2H2. The SMILES string of the molecule is O=C(c1cc2ccc(F)cc2s1)C1CC1. The number of rotatable bonds is 2. The van der Waals surface area contributed by atoms with Gasteiger partial charge >= 0.3 is 0 Å². The van der Waals surface area contributed by atoms with Gasteiger partial charge in [0.05, 0.1) is 4.88 Å². The molecular formula is C12H9FOS. The zero-order valence-corrected chi connectivity index (χ0v) is 8.81. The van der Waals surface area contributed by atoms with Crippen molar-refractivity contribution in [2.24, 2.45) is 5.92 Å². The van der Waals surface area contributed by atoms with E-state index in [1.807, 2.05) is 6.07 Å². The average molecular weight is 220 g/mol. The second kappa shape index (κ2) is 3.14. The molecule has 0 spiro atoms. The number of carbonyl (C=O) groups is 1. The number of halogens is 1. The van der Waals surface area contributed by atoms with Crippen LogP contribution in [0.3, 0.4) is 0 Å². The lowest BCUT2D eigenvalue weighted by molar-refractivity contribution is 0.0971. The Labute approximate surface area is 90.5 Å². The number of ketones is 1. The molecule has 0 unspecified atom stereocenters. The van der Waals surface area contributed by atoms with E-state index in [4.69, 9.17) is 0 Å². The van der Waals surface area contributed by atoms with E-state index >= 15 is 0 Å². The van der Waals surface area contributed by atoms with Gasteiger partial charge in [0, 0.05) is 10.6 Å². The minimum Gasteiger partial charge on any atom is -0.293 e. The summed E-state index contributed by atoms with van der Waals surface area (Å²) in [6.07, 6.45) is 2.03. The molecule has 1 heterocycles. The molecule has 1 aromatic heterocycles. The van der Waals surface area contributed by atoms with Gasteiger partial charge in [-0.25, -0.2) is 4.39 Å². The Morgan fingerprint density at radius 2 is 2.13 bits per heavy atom. The number of carbonyl (C=O) groups excluding carboxylic acids is 1. The number of hydrogen-bond acceptors (Lipinski definition) is 2. The van der Waals surface area contributed by atoms with Gasteiger partial charge in [-0.15, -0.1) is 11.3 Å². The van der Waals surface area contributed by atoms with E-state index in [9.17, 15) is 9.18 Å². The van der Waals surface area contributed by atoms with Gasteiger partial charge in [-0.1, -0.05) is 6.07 Å². The summed E-state index contributed by atoms with van der Waals surface area (Å²) in [5.41, 5.74) is 0. The average Bonchev–Trinajstić information content (AvgIpc) is 2.97. The van der Waals surface area contributed by atoms with Crippen LogP contribution < -0.4 is 0 Å². The fourth-order valence-electron chi connectivity index (χ4n) is 1.67. The number of thiophene rings is 1. The summed E-state index contributed by atoms with van der Waals surface area (Å²) < 4.78 is 13.8. The Hall–Kier alpha value is -1.22. The monoisotopic (exact) mass is 220 g/mol.